The average Bonchev–Trinajstić information content (AvgIpc) is 3.43. The van der Waals surface area contributed by atoms with E-state index in [2.05, 4.69) is 31.4 Å². The summed E-state index contributed by atoms with van der Waals surface area (Å²) in [4.78, 5) is 0.0719. The van der Waals surface area contributed by atoms with Crippen LogP contribution in [-0.2, 0) is 17.1 Å². The van der Waals surface area contributed by atoms with Crippen LogP contribution < -0.4 is 14.8 Å². The second-order valence-electron chi connectivity index (χ2n) is 8.74. The summed E-state index contributed by atoms with van der Waals surface area (Å²) in [5, 5.41) is 26.3. The maximum Gasteiger partial charge on any atom is 0.265 e. The molecule has 4 aromatic rings. The lowest BCUT2D eigenvalue weighted by atomic mass is 10.1. The van der Waals surface area contributed by atoms with Gasteiger partial charge >= 0.3 is 0 Å². The van der Waals surface area contributed by atoms with Gasteiger partial charge in [-0.2, -0.15) is 10.2 Å². The number of fused-ring (bicyclic) bond motifs is 1. The molecule has 10 nitrogen and oxygen atoms in total. The van der Waals surface area contributed by atoms with E-state index in [1.807, 2.05) is 12.1 Å². The molecule has 1 saturated carbocycles. The zero-order valence-electron chi connectivity index (χ0n) is 19.3. The van der Waals surface area contributed by atoms with Gasteiger partial charge in [0.1, 0.15) is 17.3 Å². The molecule has 0 saturated heterocycles. The highest BCUT2D eigenvalue weighted by Crippen LogP contribution is 2.42. The van der Waals surface area contributed by atoms with E-state index in [-0.39, 0.29) is 4.90 Å². The Balaban J connectivity index is 1.10. The number of rotatable bonds is 11. The Morgan fingerprint density at radius 1 is 1.26 bits per heavy atom. The van der Waals surface area contributed by atoms with E-state index < -0.39 is 16.1 Å². The number of hydrogen-bond acceptors (Lipinski definition) is 7. The van der Waals surface area contributed by atoms with Crippen LogP contribution in [0.2, 0.25) is 0 Å². The van der Waals surface area contributed by atoms with Crippen molar-refractivity contribution in [3.8, 4) is 5.75 Å². The number of anilines is 1. The van der Waals surface area contributed by atoms with Crippen molar-refractivity contribution in [3.63, 3.8) is 0 Å². The molecule has 11 heteroatoms. The van der Waals surface area contributed by atoms with Crippen LogP contribution in [-0.4, -0.2) is 53.2 Å². The Morgan fingerprint density at radius 3 is 2.89 bits per heavy atom. The van der Waals surface area contributed by atoms with Gasteiger partial charge in [-0.1, -0.05) is 12.1 Å². The number of aryl methyl sites for hydroxylation is 1. The van der Waals surface area contributed by atoms with Gasteiger partial charge in [-0.15, -0.1) is 0 Å². The molecule has 5 rings (SSSR count). The lowest BCUT2D eigenvalue weighted by molar-refractivity contribution is 0.172. The van der Waals surface area contributed by atoms with E-state index in [0.717, 1.165) is 22.3 Å². The number of aromatic nitrogens is 4. The van der Waals surface area contributed by atoms with E-state index in [4.69, 9.17) is 4.74 Å². The smallest absolute Gasteiger partial charge is 0.265 e. The highest BCUT2D eigenvalue weighted by Gasteiger charge is 2.27. The van der Waals surface area contributed by atoms with Gasteiger partial charge in [-0.25, -0.2) is 8.42 Å². The molecule has 0 spiro atoms. The van der Waals surface area contributed by atoms with Crippen molar-refractivity contribution in [2.24, 2.45) is 7.05 Å². The molecule has 0 bridgehead atoms. The first kappa shape index (κ1) is 23.3. The van der Waals surface area contributed by atoms with Crippen molar-refractivity contribution >= 4 is 26.6 Å². The molecular weight excluding hydrogens is 468 g/mol. The molecule has 0 unspecified atom stereocenters. The van der Waals surface area contributed by atoms with Gasteiger partial charge in [0.25, 0.3) is 10.0 Å². The minimum Gasteiger partial charge on any atom is -0.492 e. The second kappa shape index (κ2) is 9.68. The Hall–Kier alpha value is -3.41. The first-order valence-electron chi connectivity index (χ1n) is 11.5. The third kappa shape index (κ3) is 5.47. The lowest BCUT2D eigenvalue weighted by Crippen LogP contribution is -2.26. The number of hydrogen-bond donors (Lipinski definition) is 4. The largest absolute Gasteiger partial charge is 0.492 e. The monoisotopic (exact) mass is 496 g/mol. The predicted octanol–water partition coefficient (Wildman–Crippen LogP) is 2.68. The number of ether oxygens (including phenoxy) is 1. The molecule has 2 aromatic heterocycles. The quantitative estimate of drug-likeness (QED) is 0.235. The number of sulfonamides is 1. The van der Waals surface area contributed by atoms with Crippen molar-refractivity contribution in [2.75, 3.05) is 24.4 Å². The van der Waals surface area contributed by atoms with Crippen LogP contribution in [0.5, 0.6) is 5.75 Å². The number of aliphatic hydroxyl groups excluding tert-OH is 1. The molecular formula is C24H28N6O4S. The number of aliphatic hydroxyl groups is 1. The molecule has 1 aliphatic rings. The molecule has 1 atom stereocenters. The van der Waals surface area contributed by atoms with E-state index in [1.165, 1.54) is 29.9 Å². The molecule has 1 aliphatic carbocycles. The second-order valence-corrected chi connectivity index (χ2v) is 10.4. The topological polar surface area (TPSA) is 134 Å². The standard InChI is InChI=1S/C24H28N6O4S/c1-30-15-20(13-26-30)35(32,33)29-18-4-2-3-17(11-18)23(31)14-25-9-10-34-19-7-8-21-22(12-19)27-28-24(21)16-5-6-16/h2-4,7-8,11-13,15-16,23,25,29,31H,5-6,9-10,14H2,1H3,(H,27,28)/t23-/m0/s1. The Bertz CT molecular complexity index is 1430. The summed E-state index contributed by atoms with van der Waals surface area (Å²) >= 11 is 0. The lowest BCUT2D eigenvalue weighted by Gasteiger charge is -2.14. The van der Waals surface area contributed by atoms with Crippen LogP contribution >= 0.6 is 0 Å². The van der Waals surface area contributed by atoms with Gasteiger partial charge in [-0.3, -0.25) is 14.5 Å². The van der Waals surface area contributed by atoms with Crippen LogP contribution in [0.1, 0.15) is 36.1 Å². The maximum absolute atomic E-state index is 12.5. The summed E-state index contributed by atoms with van der Waals surface area (Å²) in [5.41, 5.74) is 3.09. The molecule has 184 valence electrons. The van der Waals surface area contributed by atoms with Gasteiger partial charge in [-0.05, 0) is 42.7 Å². The molecule has 35 heavy (non-hydrogen) atoms. The summed E-state index contributed by atoms with van der Waals surface area (Å²) in [7, 11) is -2.10. The van der Waals surface area contributed by atoms with E-state index in [0.29, 0.717) is 36.9 Å². The van der Waals surface area contributed by atoms with Gasteiger partial charge in [0.05, 0.1) is 23.5 Å². The zero-order chi connectivity index (χ0) is 24.4. The molecule has 1 fully saturated rings. The number of nitrogens with one attached hydrogen (secondary N) is 3. The summed E-state index contributed by atoms with van der Waals surface area (Å²) in [6, 6.07) is 12.7. The summed E-state index contributed by atoms with van der Waals surface area (Å²) < 4.78 is 34.8. The number of aromatic amines is 1. The molecule has 2 heterocycles. The first-order chi connectivity index (χ1) is 16.9. The number of nitrogens with zero attached hydrogens (tertiary/aromatic N) is 3. The van der Waals surface area contributed by atoms with Gasteiger partial charge in [0.2, 0.25) is 0 Å². The fourth-order valence-electron chi connectivity index (χ4n) is 3.94. The maximum atomic E-state index is 12.5. The van der Waals surface area contributed by atoms with E-state index in [1.54, 1.807) is 31.3 Å². The van der Waals surface area contributed by atoms with Crippen LogP contribution in [0, 0.1) is 0 Å². The number of H-pyrrole nitrogens is 1. The van der Waals surface area contributed by atoms with Crippen LogP contribution in [0.15, 0.2) is 59.8 Å². The predicted molar refractivity (Wildman–Crippen MR) is 132 cm³/mol. The summed E-state index contributed by atoms with van der Waals surface area (Å²) in [6.07, 6.45) is 4.32. The van der Waals surface area contributed by atoms with Crippen LogP contribution in [0.4, 0.5) is 5.69 Å². The fraction of sp³-hybridized carbons (Fsp3) is 0.333. The minimum atomic E-state index is -3.75. The molecule has 2 aromatic carbocycles. The average molecular weight is 497 g/mol. The third-order valence-electron chi connectivity index (χ3n) is 5.93. The van der Waals surface area contributed by atoms with Crippen molar-refractivity contribution in [1.82, 2.24) is 25.3 Å². The van der Waals surface area contributed by atoms with E-state index >= 15 is 0 Å². The summed E-state index contributed by atoms with van der Waals surface area (Å²) in [6.45, 7) is 1.28. The SMILES string of the molecule is Cn1cc(S(=O)(=O)Nc2cccc([C@@H](O)CNCCOc3ccc4c(C5CC5)n[nH]c4c3)c2)cn1. The third-order valence-corrected chi connectivity index (χ3v) is 7.26. The van der Waals surface area contributed by atoms with Crippen molar-refractivity contribution in [1.29, 1.82) is 0 Å². The Labute approximate surface area is 203 Å². The van der Waals surface area contributed by atoms with E-state index in [9.17, 15) is 13.5 Å². The zero-order valence-corrected chi connectivity index (χ0v) is 20.1. The Kier molecular flexibility index (Phi) is 6.46. The molecule has 4 N–H and O–H groups in total. The molecule has 0 aliphatic heterocycles. The Morgan fingerprint density at radius 2 is 2.11 bits per heavy atom. The van der Waals surface area contributed by atoms with Crippen molar-refractivity contribution in [2.45, 2.75) is 29.8 Å². The van der Waals surface area contributed by atoms with Crippen molar-refractivity contribution in [3.05, 3.63) is 66.1 Å². The molecule has 0 radical (unpaired) electrons. The molecule has 0 amide bonds. The highest BCUT2D eigenvalue weighted by molar-refractivity contribution is 7.92. The van der Waals surface area contributed by atoms with Crippen LogP contribution in [0.25, 0.3) is 10.9 Å². The van der Waals surface area contributed by atoms with Crippen molar-refractivity contribution < 1.29 is 18.3 Å². The normalized spacial score (nSPS) is 14.8. The summed E-state index contributed by atoms with van der Waals surface area (Å²) in [5.74, 6) is 1.35. The van der Waals surface area contributed by atoms with Gasteiger partial charge in [0.15, 0.2) is 0 Å². The van der Waals surface area contributed by atoms with Gasteiger partial charge < -0.3 is 15.2 Å². The van der Waals surface area contributed by atoms with Crippen LogP contribution in [0.3, 0.4) is 0 Å². The fourth-order valence-corrected chi connectivity index (χ4v) is 4.97. The number of benzene rings is 2. The van der Waals surface area contributed by atoms with Gasteiger partial charge in [0, 0.05) is 49.4 Å². The first-order valence-corrected chi connectivity index (χ1v) is 13.0. The minimum absolute atomic E-state index is 0.0719. The highest BCUT2D eigenvalue weighted by atomic mass is 32.2.